The van der Waals surface area contributed by atoms with E-state index in [0.29, 0.717) is 6.54 Å². The van der Waals surface area contributed by atoms with Crippen LogP contribution in [0.25, 0.3) is 0 Å². The van der Waals surface area contributed by atoms with Crippen LogP contribution in [-0.4, -0.2) is 23.0 Å². The molecular formula is C16H20N2OS. The molecule has 0 bridgehead atoms. The SMILES string of the molecule is Cc1cc(C#CCN)cc(NC(=O)C2(C)CCCS2)c1. The van der Waals surface area contributed by atoms with E-state index < -0.39 is 0 Å². The van der Waals surface area contributed by atoms with Gasteiger partial charge in [-0.1, -0.05) is 11.8 Å². The van der Waals surface area contributed by atoms with E-state index in [1.807, 2.05) is 32.0 Å². The molecule has 1 aliphatic heterocycles. The molecule has 1 atom stereocenters. The van der Waals surface area contributed by atoms with Crippen LogP contribution in [0.2, 0.25) is 0 Å². The Morgan fingerprint density at radius 1 is 1.50 bits per heavy atom. The lowest BCUT2D eigenvalue weighted by molar-refractivity contribution is -0.118. The first-order valence-corrected chi connectivity index (χ1v) is 7.78. The van der Waals surface area contributed by atoms with Gasteiger partial charge in [-0.05, 0) is 56.2 Å². The lowest BCUT2D eigenvalue weighted by Crippen LogP contribution is -2.34. The van der Waals surface area contributed by atoms with Gasteiger partial charge in [-0.25, -0.2) is 0 Å². The Morgan fingerprint density at radius 3 is 2.95 bits per heavy atom. The minimum Gasteiger partial charge on any atom is -0.325 e. The molecule has 106 valence electrons. The fourth-order valence-corrected chi connectivity index (χ4v) is 3.51. The summed E-state index contributed by atoms with van der Waals surface area (Å²) in [6, 6.07) is 5.86. The Bertz CT molecular complexity index is 566. The summed E-state index contributed by atoms with van der Waals surface area (Å²) in [5, 5.41) is 3.02. The Hall–Kier alpha value is -1.44. The van der Waals surface area contributed by atoms with Crippen LogP contribution in [0.3, 0.4) is 0 Å². The van der Waals surface area contributed by atoms with E-state index >= 15 is 0 Å². The van der Waals surface area contributed by atoms with E-state index in [1.54, 1.807) is 11.8 Å². The van der Waals surface area contributed by atoms with Crippen LogP contribution in [-0.2, 0) is 4.79 Å². The first kappa shape index (κ1) is 15.0. The minimum absolute atomic E-state index is 0.0864. The van der Waals surface area contributed by atoms with Crippen LogP contribution in [0, 0.1) is 18.8 Å². The second-order valence-electron chi connectivity index (χ2n) is 5.23. The lowest BCUT2D eigenvalue weighted by atomic mass is 10.0. The number of nitrogens with one attached hydrogen (secondary N) is 1. The first-order chi connectivity index (χ1) is 9.53. The van der Waals surface area contributed by atoms with Crippen molar-refractivity contribution in [3.8, 4) is 11.8 Å². The molecule has 2 rings (SSSR count). The van der Waals surface area contributed by atoms with Crippen molar-refractivity contribution in [3.05, 3.63) is 29.3 Å². The first-order valence-electron chi connectivity index (χ1n) is 6.79. The number of carbonyl (C=O) groups is 1. The maximum atomic E-state index is 12.4. The van der Waals surface area contributed by atoms with Crippen molar-refractivity contribution in [3.63, 3.8) is 0 Å². The van der Waals surface area contributed by atoms with E-state index in [-0.39, 0.29) is 10.7 Å². The number of nitrogens with two attached hydrogens (primary N) is 1. The number of thioether (sulfide) groups is 1. The molecule has 3 nitrogen and oxygen atoms in total. The highest BCUT2D eigenvalue weighted by Gasteiger charge is 2.37. The van der Waals surface area contributed by atoms with E-state index in [0.717, 1.165) is 35.4 Å². The monoisotopic (exact) mass is 288 g/mol. The molecule has 0 spiro atoms. The Balaban J connectivity index is 2.16. The largest absolute Gasteiger partial charge is 0.325 e. The molecule has 0 aliphatic carbocycles. The molecule has 1 fully saturated rings. The fourth-order valence-electron chi connectivity index (χ4n) is 2.30. The van der Waals surface area contributed by atoms with Gasteiger partial charge >= 0.3 is 0 Å². The van der Waals surface area contributed by atoms with Gasteiger partial charge in [0.15, 0.2) is 0 Å². The molecule has 0 aromatic heterocycles. The zero-order valence-corrected chi connectivity index (χ0v) is 12.8. The van der Waals surface area contributed by atoms with Crippen molar-refractivity contribution in [1.29, 1.82) is 0 Å². The molecule has 1 unspecified atom stereocenters. The third-order valence-electron chi connectivity index (χ3n) is 3.37. The number of aryl methyl sites for hydroxylation is 1. The highest BCUT2D eigenvalue weighted by Crippen LogP contribution is 2.38. The summed E-state index contributed by atoms with van der Waals surface area (Å²) < 4.78 is -0.299. The second-order valence-corrected chi connectivity index (χ2v) is 6.83. The zero-order chi connectivity index (χ0) is 14.6. The van der Waals surface area contributed by atoms with Crippen molar-refractivity contribution >= 4 is 23.4 Å². The van der Waals surface area contributed by atoms with Crippen molar-refractivity contribution < 1.29 is 4.79 Å². The number of hydrogen-bond donors (Lipinski definition) is 2. The summed E-state index contributed by atoms with van der Waals surface area (Å²) in [5.74, 6) is 6.99. The third kappa shape index (κ3) is 3.56. The van der Waals surface area contributed by atoms with Crippen molar-refractivity contribution in [2.24, 2.45) is 5.73 Å². The van der Waals surface area contributed by atoms with Crippen LogP contribution in [0.15, 0.2) is 18.2 Å². The predicted octanol–water partition coefficient (Wildman–Crippen LogP) is 2.53. The van der Waals surface area contributed by atoms with Gasteiger partial charge in [0.2, 0.25) is 5.91 Å². The van der Waals surface area contributed by atoms with E-state index in [4.69, 9.17) is 5.73 Å². The van der Waals surface area contributed by atoms with Gasteiger partial charge in [0.05, 0.1) is 11.3 Å². The van der Waals surface area contributed by atoms with Gasteiger partial charge in [-0.3, -0.25) is 4.79 Å². The molecule has 1 aromatic carbocycles. The molecule has 3 N–H and O–H groups in total. The highest BCUT2D eigenvalue weighted by molar-refractivity contribution is 8.01. The summed E-state index contributed by atoms with van der Waals surface area (Å²) >= 11 is 1.74. The summed E-state index contributed by atoms with van der Waals surface area (Å²) in [6.45, 7) is 4.35. The predicted molar refractivity (Wildman–Crippen MR) is 85.8 cm³/mol. The van der Waals surface area contributed by atoms with Crippen LogP contribution < -0.4 is 11.1 Å². The minimum atomic E-state index is -0.299. The van der Waals surface area contributed by atoms with Crippen LogP contribution in [0.5, 0.6) is 0 Å². The van der Waals surface area contributed by atoms with Gasteiger partial charge in [0, 0.05) is 11.3 Å². The third-order valence-corrected chi connectivity index (χ3v) is 4.89. The van der Waals surface area contributed by atoms with Crippen LogP contribution in [0.4, 0.5) is 5.69 Å². The summed E-state index contributed by atoms with van der Waals surface area (Å²) in [7, 11) is 0. The number of amides is 1. The molecule has 1 aliphatic rings. The topological polar surface area (TPSA) is 55.1 Å². The Morgan fingerprint density at radius 2 is 2.30 bits per heavy atom. The maximum absolute atomic E-state index is 12.4. The van der Waals surface area contributed by atoms with Gasteiger partial charge in [-0.15, -0.1) is 11.8 Å². The van der Waals surface area contributed by atoms with E-state index in [2.05, 4.69) is 17.2 Å². The Kier molecular flexibility index (Phi) is 4.74. The molecular weight excluding hydrogens is 268 g/mol. The Labute approximate surface area is 124 Å². The van der Waals surface area contributed by atoms with Crippen molar-refractivity contribution in [2.45, 2.75) is 31.4 Å². The van der Waals surface area contributed by atoms with Crippen LogP contribution >= 0.6 is 11.8 Å². The molecule has 1 amide bonds. The van der Waals surface area contributed by atoms with E-state index in [1.165, 1.54) is 0 Å². The smallest absolute Gasteiger partial charge is 0.240 e. The van der Waals surface area contributed by atoms with Gasteiger partial charge in [0.25, 0.3) is 0 Å². The molecule has 4 heteroatoms. The molecule has 1 heterocycles. The normalized spacial score (nSPS) is 21.1. The summed E-state index contributed by atoms with van der Waals surface area (Å²) in [5.41, 5.74) is 8.16. The number of benzene rings is 1. The number of rotatable bonds is 2. The molecule has 1 aromatic rings. The average molecular weight is 288 g/mol. The standard InChI is InChI=1S/C16H20N2OS/c1-12-9-13(5-3-7-17)11-14(10-12)18-15(19)16(2)6-4-8-20-16/h9-11H,4,6-8,17H2,1-2H3,(H,18,19). The van der Waals surface area contributed by atoms with Crippen molar-refractivity contribution in [2.75, 3.05) is 17.6 Å². The fraction of sp³-hybridized carbons (Fsp3) is 0.438. The lowest BCUT2D eigenvalue weighted by Gasteiger charge is -2.21. The van der Waals surface area contributed by atoms with Gasteiger partial charge in [-0.2, -0.15) is 0 Å². The van der Waals surface area contributed by atoms with Crippen molar-refractivity contribution in [1.82, 2.24) is 0 Å². The van der Waals surface area contributed by atoms with Gasteiger partial charge in [0.1, 0.15) is 0 Å². The second kappa shape index (κ2) is 6.34. The number of hydrogen-bond acceptors (Lipinski definition) is 3. The number of carbonyl (C=O) groups excluding carboxylic acids is 1. The quantitative estimate of drug-likeness (QED) is 0.822. The number of anilines is 1. The van der Waals surface area contributed by atoms with Gasteiger partial charge < -0.3 is 11.1 Å². The van der Waals surface area contributed by atoms with E-state index in [9.17, 15) is 4.79 Å². The summed E-state index contributed by atoms with van der Waals surface area (Å²) in [4.78, 5) is 12.4. The molecule has 20 heavy (non-hydrogen) atoms. The average Bonchev–Trinajstić information content (AvgIpc) is 2.84. The van der Waals surface area contributed by atoms with Crippen LogP contribution in [0.1, 0.15) is 30.9 Å². The maximum Gasteiger partial charge on any atom is 0.240 e. The molecule has 1 saturated heterocycles. The molecule has 0 saturated carbocycles. The molecule has 0 radical (unpaired) electrons. The highest BCUT2D eigenvalue weighted by atomic mass is 32.2. The summed E-state index contributed by atoms with van der Waals surface area (Å²) in [6.07, 6.45) is 2.05. The zero-order valence-electron chi connectivity index (χ0n) is 12.0.